The number of alkyl halides is 6. The third kappa shape index (κ3) is 12.5. The molecule has 3 N–H and O–H groups in total. The minimum atomic E-state index is -5.08. The van der Waals surface area contributed by atoms with Gasteiger partial charge < -0.3 is 25.2 Å². The molecule has 0 saturated carbocycles. The van der Waals surface area contributed by atoms with E-state index in [1.807, 2.05) is 32.9 Å². The largest absolute Gasteiger partial charge is 0.490 e. The first kappa shape index (κ1) is 29.9. The van der Waals surface area contributed by atoms with E-state index in [1.165, 1.54) is 0 Å². The second-order valence-electron chi connectivity index (χ2n) is 6.67. The summed E-state index contributed by atoms with van der Waals surface area (Å²) in [5, 5.41) is 17.5. The van der Waals surface area contributed by atoms with Gasteiger partial charge in [-0.05, 0) is 38.5 Å². The number of nitrogens with one attached hydrogen (secondary N) is 1. The molecule has 1 aromatic rings. The van der Waals surface area contributed by atoms with Crippen molar-refractivity contribution in [2.75, 3.05) is 19.6 Å². The molecule has 0 aromatic carbocycles. The lowest BCUT2D eigenvalue weighted by molar-refractivity contribution is -0.193. The van der Waals surface area contributed by atoms with Crippen LogP contribution < -0.4 is 5.32 Å². The maximum Gasteiger partial charge on any atom is 0.490 e. The van der Waals surface area contributed by atoms with Crippen LogP contribution in [0.25, 0.3) is 0 Å². The first-order valence-corrected chi connectivity index (χ1v) is 9.13. The van der Waals surface area contributed by atoms with Gasteiger partial charge in [0.05, 0.1) is 0 Å². The van der Waals surface area contributed by atoms with Crippen LogP contribution in [0.1, 0.15) is 23.9 Å². The van der Waals surface area contributed by atoms with Gasteiger partial charge in [0, 0.05) is 37.1 Å². The van der Waals surface area contributed by atoms with Crippen molar-refractivity contribution in [1.82, 2.24) is 15.2 Å². The first-order chi connectivity index (χ1) is 14.9. The topological polar surface area (TPSA) is 129 Å². The van der Waals surface area contributed by atoms with Crippen LogP contribution in [0.4, 0.5) is 31.1 Å². The highest BCUT2D eigenvalue weighted by molar-refractivity contribution is 5.73. The lowest BCUT2D eigenvalue weighted by Crippen LogP contribution is -2.52. The van der Waals surface area contributed by atoms with Gasteiger partial charge in [0.2, 0.25) is 0 Å². The summed E-state index contributed by atoms with van der Waals surface area (Å²) in [5.41, 5.74) is 2.88. The zero-order chi connectivity index (χ0) is 26.0. The number of halogens is 6. The number of carboxylic acid groups (broad SMARTS) is 2. The number of amides is 1. The number of ether oxygens (including phenoxy) is 1. The highest BCUT2D eigenvalue weighted by Crippen LogP contribution is 2.14. The Labute approximate surface area is 184 Å². The van der Waals surface area contributed by atoms with E-state index in [9.17, 15) is 31.1 Å². The van der Waals surface area contributed by atoms with Crippen LogP contribution in [0.15, 0.2) is 12.1 Å². The number of carboxylic acids is 2. The second kappa shape index (κ2) is 12.8. The zero-order valence-electron chi connectivity index (χ0n) is 17.8. The lowest BCUT2D eigenvalue weighted by Gasteiger charge is -2.32. The van der Waals surface area contributed by atoms with Crippen LogP contribution in [0.2, 0.25) is 0 Å². The predicted molar refractivity (Wildman–Crippen MR) is 100 cm³/mol. The van der Waals surface area contributed by atoms with E-state index >= 15 is 0 Å². The number of hydrogen-bond donors (Lipinski definition) is 3. The van der Waals surface area contributed by atoms with Crippen LogP contribution in [-0.2, 0) is 20.9 Å². The van der Waals surface area contributed by atoms with Gasteiger partial charge in [-0.2, -0.15) is 26.3 Å². The molecule has 9 nitrogen and oxygen atoms in total. The van der Waals surface area contributed by atoms with Gasteiger partial charge in [0.25, 0.3) is 0 Å². The predicted octanol–water partition coefficient (Wildman–Crippen LogP) is 2.90. The molecule has 1 aliphatic heterocycles. The molecular formula is C18H23F6N3O6. The SMILES string of the molecule is Cc1cc(COC(=O)N2CCNC[C@@H]2C)cc(C)n1.O=C(O)C(F)(F)F.O=C(O)C(F)(F)F. The second-order valence-corrected chi connectivity index (χ2v) is 6.67. The molecular weight excluding hydrogens is 468 g/mol. The summed E-state index contributed by atoms with van der Waals surface area (Å²) >= 11 is 0. The number of piperazine rings is 1. The highest BCUT2D eigenvalue weighted by Gasteiger charge is 2.38. The van der Waals surface area contributed by atoms with Crippen molar-refractivity contribution in [3.05, 3.63) is 29.1 Å². The molecule has 1 fully saturated rings. The minimum Gasteiger partial charge on any atom is -0.475 e. The number of aromatic nitrogens is 1. The summed E-state index contributed by atoms with van der Waals surface area (Å²) in [6.45, 7) is 8.56. The van der Waals surface area contributed by atoms with Crippen molar-refractivity contribution in [3.8, 4) is 0 Å². The average molecular weight is 491 g/mol. The maximum absolute atomic E-state index is 12.0. The van der Waals surface area contributed by atoms with Crippen LogP contribution in [0, 0.1) is 13.8 Å². The molecule has 0 radical (unpaired) electrons. The highest BCUT2D eigenvalue weighted by atomic mass is 19.4. The normalized spacial score (nSPS) is 15.9. The van der Waals surface area contributed by atoms with Gasteiger partial charge in [-0.1, -0.05) is 0 Å². The Hall–Kier alpha value is -3.10. The average Bonchev–Trinajstić information content (AvgIpc) is 2.65. The number of rotatable bonds is 2. The molecule has 1 saturated heterocycles. The Bertz CT molecular complexity index is 772. The minimum absolute atomic E-state index is 0.183. The van der Waals surface area contributed by atoms with Gasteiger partial charge in [-0.25, -0.2) is 14.4 Å². The van der Waals surface area contributed by atoms with Gasteiger partial charge in [-0.3, -0.25) is 4.98 Å². The summed E-state index contributed by atoms with van der Waals surface area (Å²) in [5.74, 6) is -5.51. The molecule has 2 rings (SSSR count). The number of pyridine rings is 1. The quantitative estimate of drug-likeness (QED) is 0.539. The molecule has 0 aliphatic carbocycles. The molecule has 15 heteroatoms. The van der Waals surface area contributed by atoms with E-state index in [-0.39, 0.29) is 12.1 Å². The number of hydrogen-bond acceptors (Lipinski definition) is 6. The molecule has 33 heavy (non-hydrogen) atoms. The van der Waals surface area contributed by atoms with Crippen molar-refractivity contribution >= 4 is 18.0 Å². The summed E-state index contributed by atoms with van der Waals surface area (Å²) < 4.78 is 68.9. The van der Waals surface area contributed by atoms with Crippen LogP contribution in [0.5, 0.6) is 0 Å². The van der Waals surface area contributed by atoms with Gasteiger partial charge in [-0.15, -0.1) is 0 Å². The summed E-state index contributed by atoms with van der Waals surface area (Å²) in [6, 6.07) is 4.07. The molecule has 0 spiro atoms. The number of nitrogens with zero attached hydrogens (tertiary/aromatic N) is 2. The molecule has 1 aliphatic rings. The Morgan fingerprint density at radius 3 is 1.85 bits per heavy atom. The fraction of sp³-hybridized carbons (Fsp3) is 0.556. The van der Waals surface area contributed by atoms with Crippen molar-refractivity contribution in [2.45, 2.75) is 45.8 Å². The Morgan fingerprint density at radius 1 is 1.06 bits per heavy atom. The van der Waals surface area contributed by atoms with Crippen molar-refractivity contribution in [1.29, 1.82) is 0 Å². The summed E-state index contributed by atoms with van der Waals surface area (Å²) in [7, 11) is 0. The molecule has 1 atom stereocenters. The van der Waals surface area contributed by atoms with E-state index in [1.54, 1.807) is 4.90 Å². The van der Waals surface area contributed by atoms with Crippen molar-refractivity contribution < 1.29 is 55.7 Å². The third-order valence-corrected chi connectivity index (χ3v) is 3.72. The Morgan fingerprint density at radius 2 is 1.48 bits per heavy atom. The summed E-state index contributed by atoms with van der Waals surface area (Å²) in [4.78, 5) is 35.9. The molecule has 188 valence electrons. The number of carbonyl (C=O) groups excluding carboxylic acids is 1. The van der Waals surface area contributed by atoms with Gasteiger partial charge in [0.1, 0.15) is 6.61 Å². The number of carbonyl (C=O) groups is 3. The maximum atomic E-state index is 12.0. The van der Waals surface area contributed by atoms with E-state index < -0.39 is 24.3 Å². The molecule has 1 aromatic heterocycles. The standard InChI is InChI=1S/C14H21N3O2.2C2HF3O2/c1-10-6-13(7-11(2)16-10)9-19-14(18)17-5-4-15-8-12(17)3;2*3-2(4,5)1(6)7/h6-7,12,15H,4-5,8-9H2,1-3H3;2*(H,6,7)/t12-;;/m0../s1. The molecule has 0 unspecified atom stereocenters. The Kier molecular flexibility index (Phi) is 11.6. The van der Waals surface area contributed by atoms with E-state index in [0.29, 0.717) is 13.2 Å². The van der Waals surface area contributed by atoms with E-state index in [4.69, 9.17) is 24.5 Å². The van der Waals surface area contributed by atoms with Gasteiger partial charge >= 0.3 is 30.4 Å². The third-order valence-electron chi connectivity index (χ3n) is 3.72. The van der Waals surface area contributed by atoms with Crippen molar-refractivity contribution in [3.63, 3.8) is 0 Å². The molecule has 0 bridgehead atoms. The fourth-order valence-electron chi connectivity index (χ4n) is 2.34. The van der Waals surface area contributed by atoms with Gasteiger partial charge in [0.15, 0.2) is 0 Å². The number of aliphatic carboxylic acids is 2. The van der Waals surface area contributed by atoms with E-state index in [2.05, 4.69) is 10.3 Å². The Balaban J connectivity index is 0.000000605. The first-order valence-electron chi connectivity index (χ1n) is 9.13. The molecule has 2 heterocycles. The number of aryl methyl sites for hydroxylation is 2. The fourth-order valence-corrected chi connectivity index (χ4v) is 2.34. The zero-order valence-corrected chi connectivity index (χ0v) is 17.8. The van der Waals surface area contributed by atoms with E-state index in [0.717, 1.165) is 30.0 Å². The van der Waals surface area contributed by atoms with Crippen LogP contribution in [-0.4, -0.2) is 76.2 Å². The smallest absolute Gasteiger partial charge is 0.475 e. The molecule has 1 amide bonds. The monoisotopic (exact) mass is 491 g/mol. The van der Waals surface area contributed by atoms with Crippen LogP contribution in [0.3, 0.4) is 0 Å². The van der Waals surface area contributed by atoms with Crippen molar-refractivity contribution in [2.24, 2.45) is 0 Å². The summed E-state index contributed by atoms with van der Waals surface area (Å²) in [6.07, 6.45) is -10.4. The lowest BCUT2D eigenvalue weighted by atomic mass is 10.2. The van der Waals surface area contributed by atoms with Crippen LogP contribution >= 0.6 is 0 Å².